The number of nitrogens with two attached hydrogens (primary N) is 1. The summed E-state index contributed by atoms with van der Waals surface area (Å²) in [7, 11) is 4.02. The van der Waals surface area contributed by atoms with Gasteiger partial charge in [-0.1, -0.05) is 0 Å². The summed E-state index contributed by atoms with van der Waals surface area (Å²) in [4.78, 5) is 8.38. The molecular formula is C13H21N5O. The molecule has 1 saturated heterocycles. The Labute approximate surface area is 113 Å². The van der Waals surface area contributed by atoms with Gasteiger partial charge in [-0.25, -0.2) is 0 Å². The molecule has 6 nitrogen and oxygen atoms in total. The van der Waals surface area contributed by atoms with E-state index in [-0.39, 0.29) is 18.0 Å². The van der Waals surface area contributed by atoms with E-state index in [1.165, 1.54) is 0 Å². The second-order valence-corrected chi connectivity index (χ2v) is 5.24. The number of nitrogen functional groups attached to an aromatic ring is 1. The van der Waals surface area contributed by atoms with Crippen molar-refractivity contribution in [2.24, 2.45) is 5.73 Å². The van der Waals surface area contributed by atoms with E-state index in [2.05, 4.69) is 14.8 Å². The summed E-state index contributed by atoms with van der Waals surface area (Å²) in [6.07, 6.45) is 2.02. The minimum absolute atomic E-state index is 0.0411. The van der Waals surface area contributed by atoms with Gasteiger partial charge in [0.1, 0.15) is 11.5 Å². The Hall–Kier alpha value is -1.66. The average molecular weight is 263 g/mol. The van der Waals surface area contributed by atoms with Crippen LogP contribution in [0.2, 0.25) is 0 Å². The Balaban J connectivity index is 2.31. The molecule has 0 radical (unpaired) electrons. The van der Waals surface area contributed by atoms with Gasteiger partial charge in [0.25, 0.3) is 0 Å². The van der Waals surface area contributed by atoms with Gasteiger partial charge in [0.15, 0.2) is 0 Å². The second kappa shape index (κ2) is 5.54. The predicted octanol–water partition coefficient (Wildman–Crippen LogP) is -0.133. The van der Waals surface area contributed by atoms with Gasteiger partial charge in [0, 0.05) is 25.3 Å². The fraction of sp³-hybridized carbons (Fsp3) is 0.538. The molecule has 1 aliphatic rings. The first-order valence-corrected chi connectivity index (χ1v) is 6.38. The van der Waals surface area contributed by atoms with E-state index in [0.717, 1.165) is 18.7 Å². The number of aliphatic hydroxyl groups excluding tert-OH is 1. The Bertz CT molecular complexity index is 462. The van der Waals surface area contributed by atoms with Crippen LogP contribution in [0.5, 0.6) is 0 Å². The van der Waals surface area contributed by atoms with Crippen molar-refractivity contribution in [3.63, 3.8) is 0 Å². The maximum Gasteiger partial charge on any atom is 0.143 e. The van der Waals surface area contributed by atoms with Crippen LogP contribution in [0.15, 0.2) is 18.3 Å². The van der Waals surface area contributed by atoms with Crippen LogP contribution in [0.4, 0.5) is 5.69 Å². The molecule has 2 atom stereocenters. The third-order valence-electron chi connectivity index (χ3n) is 3.32. The molecule has 1 aromatic heterocycles. The highest BCUT2D eigenvalue weighted by atomic mass is 16.3. The maximum absolute atomic E-state index is 9.91. The van der Waals surface area contributed by atoms with Gasteiger partial charge in [-0.15, -0.1) is 0 Å². The molecule has 0 amide bonds. The molecule has 2 rings (SSSR count). The number of hydrogen-bond donors (Lipinski definition) is 3. The molecule has 6 heteroatoms. The maximum atomic E-state index is 9.91. The summed E-state index contributed by atoms with van der Waals surface area (Å²) < 4.78 is 0. The molecule has 4 N–H and O–H groups in total. The van der Waals surface area contributed by atoms with Crippen LogP contribution in [-0.2, 0) is 0 Å². The van der Waals surface area contributed by atoms with Gasteiger partial charge in [-0.05, 0) is 32.6 Å². The smallest absolute Gasteiger partial charge is 0.143 e. The number of likely N-dealkylation sites (N-methyl/N-ethyl adjacent to an activating group) is 1. The number of amidine groups is 1. The summed E-state index contributed by atoms with van der Waals surface area (Å²) in [6.45, 7) is 1.41. The number of aliphatic hydroxyl groups is 1. The standard InChI is InChI=1S/C13H21N5O/c1-17(2)7-9-6-10(19)8-18(9)11-4-3-5-16-12(11)13(14)15/h3-5,9-10,19H,6-8H2,1-2H3,(H3,14,15). The summed E-state index contributed by atoms with van der Waals surface area (Å²) in [5, 5.41) is 17.5. The van der Waals surface area contributed by atoms with Crippen molar-refractivity contribution in [3.8, 4) is 0 Å². The Morgan fingerprint density at radius 1 is 1.63 bits per heavy atom. The molecule has 0 aliphatic carbocycles. The van der Waals surface area contributed by atoms with E-state index < -0.39 is 0 Å². The number of rotatable bonds is 4. The normalized spacial score (nSPS) is 23.1. The first kappa shape index (κ1) is 13.8. The molecule has 0 saturated carbocycles. The molecule has 1 aliphatic heterocycles. The molecule has 0 bridgehead atoms. The fourth-order valence-electron chi connectivity index (χ4n) is 2.62. The van der Waals surface area contributed by atoms with Crippen LogP contribution in [0.25, 0.3) is 0 Å². The topological polar surface area (TPSA) is 89.5 Å². The van der Waals surface area contributed by atoms with Crippen molar-refractivity contribution in [2.45, 2.75) is 18.6 Å². The quantitative estimate of drug-likeness (QED) is 0.520. The minimum Gasteiger partial charge on any atom is -0.391 e. The lowest BCUT2D eigenvalue weighted by Gasteiger charge is -2.29. The second-order valence-electron chi connectivity index (χ2n) is 5.24. The van der Waals surface area contributed by atoms with E-state index in [1.54, 1.807) is 6.20 Å². The van der Waals surface area contributed by atoms with Gasteiger partial charge in [0.2, 0.25) is 0 Å². The van der Waals surface area contributed by atoms with Crippen molar-refractivity contribution in [3.05, 3.63) is 24.0 Å². The first-order valence-electron chi connectivity index (χ1n) is 6.38. The van der Waals surface area contributed by atoms with Gasteiger partial charge in [0.05, 0.1) is 11.8 Å². The first-order chi connectivity index (χ1) is 8.99. The average Bonchev–Trinajstić information content (AvgIpc) is 2.69. The van der Waals surface area contributed by atoms with E-state index in [0.29, 0.717) is 12.2 Å². The summed E-state index contributed by atoms with van der Waals surface area (Å²) in [5.41, 5.74) is 6.90. The molecule has 19 heavy (non-hydrogen) atoms. The molecular weight excluding hydrogens is 242 g/mol. The van der Waals surface area contributed by atoms with E-state index in [4.69, 9.17) is 11.1 Å². The van der Waals surface area contributed by atoms with Crippen LogP contribution in [0.3, 0.4) is 0 Å². The van der Waals surface area contributed by atoms with Gasteiger partial charge in [-0.2, -0.15) is 0 Å². The van der Waals surface area contributed by atoms with Crippen LogP contribution in [0.1, 0.15) is 12.1 Å². The number of pyridine rings is 1. The van der Waals surface area contributed by atoms with Crippen molar-refractivity contribution < 1.29 is 5.11 Å². The monoisotopic (exact) mass is 263 g/mol. The number of β-amino-alcohol motifs (C(OH)–C–C–N with tert-alkyl or cyclic N) is 1. The van der Waals surface area contributed by atoms with Crippen molar-refractivity contribution >= 4 is 11.5 Å². The number of nitrogens with zero attached hydrogens (tertiary/aromatic N) is 3. The van der Waals surface area contributed by atoms with Crippen molar-refractivity contribution in [1.82, 2.24) is 9.88 Å². The molecule has 104 valence electrons. The summed E-state index contributed by atoms with van der Waals surface area (Å²) >= 11 is 0. The largest absolute Gasteiger partial charge is 0.391 e. The fourth-order valence-corrected chi connectivity index (χ4v) is 2.62. The Morgan fingerprint density at radius 3 is 3.00 bits per heavy atom. The zero-order valence-electron chi connectivity index (χ0n) is 11.4. The highest BCUT2D eigenvalue weighted by Crippen LogP contribution is 2.28. The Morgan fingerprint density at radius 2 is 2.37 bits per heavy atom. The van der Waals surface area contributed by atoms with Crippen LogP contribution in [0, 0.1) is 5.41 Å². The summed E-state index contributed by atoms with van der Waals surface area (Å²) in [5.74, 6) is -0.0411. The third-order valence-corrected chi connectivity index (χ3v) is 3.32. The third kappa shape index (κ3) is 3.02. The zero-order chi connectivity index (χ0) is 14.0. The van der Waals surface area contributed by atoms with Crippen LogP contribution in [-0.4, -0.2) is 60.2 Å². The van der Waals surface area contributed by atoms with E-state index in [1.807, 2.05) is 26.2 Å². The summed E-state index contributed by atoms with van der Waals surface area (Å²) in [6, 6.07) is 3.95. The number of aromatic nitrogens is 1. The predicted molar refractivity (Wildman–Crippen MR) is 75.6 cm³/mol. The molecule has 1 aromatic rings. The van der Waals surface area contributed by atoms with E-state index in [9.17, 15) is 5.11 Å². The molecule has 0 aromatic carbocycles. The van der Waals surface area contributed by atoms with Gasteiger partial charge < -0.3 is 20.6 Å². The van der Waals surface area contributed by atoms with Crippen molar-refractivity contribution in [1.29, 1.82) is 5.41 Å². The number of nitrogens with one attached hydrogen (secondary N) is 1. The SMILES string of the molecule is CN(C)CC1CC(O)CN1c1cccnc1C(=N)N. The lowest BCUT2D eigenvalue weighted by molar-refractivity contribution is 0.191. The molecule has 2 heterocycles. The molecule has 1 fully saturated rings. The number of hydrogen-bond acceptors (Lipinski definition) is 5. The van der Waals surface area contributed by atoms with Gasteiger partial charge in [-0.3, -0.25) is 10.4 Å². The highest BCUT2D eigenvalue weighted by Gasteiger charge is 2.32. The van der Waals surface area contributed by atoms with Crippen molar-refractivity contribution in [2.75, 3.05) is 32.1 Å². The zero-order valence-corrected chi connectivity index (χ0v) is 11.4. The Kier molecular flexibility index (Phi) is 4.01. The van der Waals surface area contributed by atoms with E-state index >= 15 is 0 Å². The number of anilines is 1. The highest BCUT2D eigenvalue weighted by molar-refractivity contribution is 5.98. The lowest BCUT2D eigenvalue weighted by Crippen LogP contribution is -2.38. The van der Waals surface area contributed by atoms with Crippen LogP contribution < -0.4 is 10.6 Å². The van der Waals surface area contributed by atoms with Gasteiger partial charge >= 0.3 is 0 Å². The molecule has 0 spiro atoms. The molecule has 2 unspecified atom stereocenters. The minimum atomic E-state index is -0.343. The van der Waals surface area contributed by atoms with Crippen LogP contribution >= 0.6 is 0 Å². The lowest BCUT2D eigenvalue weighted by atomic mass is 10.1.